The lowest BCUT2D eigenvalue weighted by molar-refractivity contribution is -0.167. The van der Waals surface area contributed by atoms with E-state index in [4.69, 9.17) is 14.2 Å². The van der Waals surface area contributed by atoms with Crippen LogP contribution < -0.4 is 0 Å². The third kappa shape index (κ3) is 48.4. The lowest BCUT2D eigenvalue weighted by Crippen LogP contribution is -2.30. The van der Waals surface area contributed by atoms with E-state index in [1.165, 1.54) is 128 Å². The molecule has 0 aromatic rings. The van der Waals surface area contributed by atoms with Crippen LogP contribution in [-0.4, -0.2) is 37.2 Å². The molecule has 1 atom stereocenters. The van der Waals surface area contributed by atoms with Crippen LogP contribution in [0.4, 0.5) is 0 Å². The van der Waals surface area contributed by atoms with E-state index in [0.29, 0.717) is 19.3 Å². The van der Waals surface area contributed by atoms with Crippen LogP contribution in [0.15, 0.2) is 48.6 Å². The van der Waals surface area contributed by atoms with Gasteiger partial charge in [-0.15, -0.1) is 0 Å². The zero-order valence-corrected chi connectivity index (χ0v) is 41.1. The molecule has 0 radical (unpaired) electrons. The molecule has 0 saturated heterocycles. The topological polar surface area (TPSA) is 78.9 Å². The summed E-state index contributed by atoms with van der Waals surface area (Å²) in [6.07, 6.45) is 61.1. The number of esters is 3. The summed E-state index contributed by atoms with van der Waals surface area (Å²) in [5, 5.41) is 0. The van der Waals surface area contributed by atoms with Crippen LogP contribution in [0.25, 0.3) is 0 Å². The lowest BCUT2D eigenvalue weighted by atomic mass is 10.1. The van der Waals surface area contributed by atoms with Gasteiger partial charge >= 0.3 is 17.9 Å². The molecule has 0 aliphatic heterocycles. The molecule has 0 amide bonds. The molecule has 0 heterocycles. The van der Waals surface area contributed by atoms with Gasteiger partial charge in [-0.25, -0.2) is 0 Å². The SMILES string of the molecule is CCC/C=C\C/C=C\CCCCCCCC(=O)OC(COC(=O)CCCCCCC/C=C\CCC)COC(=O)CCCCCCCCCCC/C=C\CCCCCCCCCC. The van der Waals surface area contributed by atoms with Gasteiger partial charge in [-0.2, -0.15) is 0 Å². The Morgan fingerprint density at radius 2 is 0.613 bits per heavy atom. The van der Waals surface area contributed by atoms with Gasteiger partial charge < -0.3 is 14.2 Å². The monoisotopic (exact) mass is 869 g/mol. The summed E-state index contributed by atoms with van der Waals surface area (Å²) in [6, 6.07) is 0. The van der Waals surface area contributed by atoms with Crippen molar-refractivity contribution in [1.29, 1.82) is 0 Å². The largest absolute Gasteiger partial charge is 0.462 e. The molecular weight excluding hydrogens is 769 g/mol. The predicted octanol–water partition coefficient (Wildman–Crippen LogP) is 17.5. The molecule has 0 fully saturated rings. The van der Waals surface area contributed by atoms with E-state index >= 15 is 0 Å². The summed E-state index contributed by atoms with van der Waals surface area (Å²) in [7, 11) is 0. The van der Waals surface area contributed by atoms with Gasteiger partial charge in [-0.05, 0) is 89.9 Å². The number of hydrogen-bond donors (Lipinski definition) is 0. The van der Waals surface area contributed by atoms with Crippen LogP contribution in [0.3, 0.4) is 0 Å². The Balaban J connectivity index is 4.27. The fourth-order valence-corrected chi connectivity index (χ4v) is 7.48. The highest BCUT2D eigenvalue weighted by Crippen LogP contribution is 2.15. The number of hydrogen-bond acceptors (Lipinski definition) is 6. The molecule has 0 bridgehead atoms. The minimum atomic E-state index is -0.782. The summed E-state index contributed by atoms with van der Waals surface area (Å²) < 4.78 is 16.8. The van der Waals surface area contributed by atoms with Crippen LogP contribution in [0.2, 0.25) is 0 Å². The average Bonchev–Trinajstić information content (AvgIpc) is 3.27. The van der Waals surface area contributed by atoms with Crippen molar-refractivity contribution in [3.63, 3.8) is 0 Å². The molecule has 6 heteroatoms. The molecule has 6 nitrogen and oxygen atoms in total. The fraction of sp³-hybridized carbons (Fsp3) is 0.804. The zero-order valence-electron chi connectivity index (χ0n) is 41.1. The number of allylic oxidation sites excluding steroid dienone is 8. The van der Waals surface area contributed by atoms with Gasteiger partial charge in [-0.1, -0.05) is 211 Å². The van der Waals surface area contributed by atoms with Crippen LogP contribution in [0, 0.1) is 0 Å². The van der Waals surface area contributed by atoms with Gasteiger partial charge in [0.25, 0.3) is 0 Å². The average molecular weight is 869 g/mol. The summed E-state index contributed by atoms with van der Waals surface area (Å²) in [5.41, 5.74) is 0. The van der Waals surface area contributed by atoms with Crippen molar-refractivity contribution >= 4 is 17.9 Å². The highest BCUT2D eigenvalue weighted by Gasteiger charge is 2.19. The third-order valence-electron chi connectivity index (χ3n) is 11.5. The third-order valence-corrected chi connectivity index (χ3v) is 11.5. The zero-order chi connectivity index (χ0) is 45.1. The van der Waals surface area contributed by atoms with E-state index in [-0.39, 0.29) is 31.1 Å². The standard InChI is InChI=1S/C56H100O6/c1-4-7-10-13-16-19-22-24-25-26-27-28-29-30-31-33-34-37-40-43-46-49-55(58)61-52-53(51-60-54(57)48-45-42-39-36-21-18-15-12-9-6-3)62-56(59)50-47-44-41-38-35-32-23-20-17-14-11-8-5-2/h11-12,14-15,20,23,26-27,53H,4-10,13,16-19,21-22,24-25,28-52H2,1-3H3/b14-11-,15-12-,23-20-,27-26-. The van der Waals surface area contributed by atoms with Gasteiger partial charge in [-0.3, -0.25) is 14.4 Å². The van der Waals surface area contributed by atoms with Crippen molar-refractivity contribution in [3.05, 3.63) is 48.6 Å². The van der Waals surface area contributed by atoms with E-state index in [0.717, 1.165) is 103 Å². The number of rotatable bonds is 48. The number of carbonyl (C=O) groups is 3. The molecule has 62 heavy (non-hydrogen) atoms. The Morgan fingerprint density at radius 3 is 0.984 bits per heavy atom. The van der Waals surface area contributed by atoms with Crippen molar-refractivity contribution < 1.29 is 28.6 Å². The van der Waals surface area contributed by atoms with Crippen molar-refractivity contribution in [3.8, 4) is 0 Å². The molecule has 0 aliphatic carbocycles. The normalized spacial score (nSPS) is 12.4. The maximum atomic E-state index is 12.8. The summed E-state index contributed by atoms with van der Waals surface area (Å²) >= 11 is 0. The maximum absolute atomic E-state index is 12.8. The summed E-state index contributed by atoms with van der Waals surface area (Å²) in [4.78, 5) is 37.9. The molecule has 0 aromatic carbocycles. The predicted molar refractivity (Wildman–Crippen MR) is 265 cm³/mol. The van der Waals surface area contributed by atoms with Gasteiger partial charge in [0.15, 0.2) is 6.10 Å². The van der Waals surface area contributed by atoms with Gasteiger partial charge in [0.2, 0.25) is 0 Å². The molecule has 0 N–H and O–H groups in total. The summed E-state index contributed by atoms with van der Waals surface area (Å²) in [6.45, 7) is 6.50. The second-order valence-electron chi connectivity index (χ2n) is 17.8. The van der Waals surface area contributed by atoms with Crippen LogP contribution in [0.1, 0.15) is 271 Å². The Hall–Kier alpha value is -2.63. The van der Waals surface area contributed by atoms with Crippen LogP contribution in [-0.2, 0) is 28.6 Å². The molecule has 0 rings (SSSR count). The van der Waals surface area contributed by atoms with Gasteiger partial charge in [0, 0.05) is 19.3 Å². The Kier molecular flexibility index (Phi) is 48.8. The molecule has 0 aliphatic rings. The Labute approximate surface area is 384 Å². The second kappa shape index (κ2) is 51.0. The van der Waals surface area contributed by atoms with Crippen molar-refractivity contribution in [2.45, 2.75) is 277 Å². The number of ether oxygens (including phenoxy) is 3. The first kappa shape index (κ1) is 59.4. The van der Waals surface area contributed by atoms with Gasteiger partial charge in [0.05, 0.1) is 0 Å². The fourth-order valence-electron chi connectivity index (χ4n) is 7.48. The lowest BCUT2D eigenvalue weighted by Gasteiger charge is -2.18. The highest BCUT2D eigenvalue weighted by atomic mass is 16.6. The Morgan fingerprint density at radius 1 is 0.323 bits per heavy atom. The first-order valence-corrected chi connectivity index (χ1v) is 26.6. The molecule has 0 aromatic heterocycles. The van der Waals surface area contributed by atoms with E-state index in [1.807, 2.05) is 0 Å². The van der Waals surface area contributed by atoms with Crippen molar-refractivity contribution in [2.24, 2.45) is 0 Å². The van der Waals surface area contributed by atoms with Crippen molar-refractivity contribution in [1.82, 2.24) is 0 Å². The van der Waals surface area contributed by atoms with Crippen molar-refractivity contribution in [2.75, 3.05) is 13.2 Å². The van der Waals surface area contributed by atoms with E-state index < -0.39 is 6.10 Å². The molecule has 360 valence electrons. The van der Waals surface area contributed by atoms with E-state index in [1.54, 1.807) is 0 Å². The molecule has 1 unspecified atom stereocenters. The Bertz CT molecular complexity index is 1090. The van der Waals surface area contributed by atoms with Crippen LogP contribution >= 0.6 is 0 Å². The number of carbonyl (C=O) groups excluding carboxylic acids is 3. The number of unbranched alkanes of at least 4 members (excludes halogenated alkanes) is 29. The smallest absolute Gasteiger partial charge is 0.306 e. The minimum absolute atomic E-state index is 0.0818. The first-order valence-electron chi connectivity index (χ1n) is 26.6. The first-order chi connectivity index (χ1) is 30.5. The molecule has 0 spiro atoms. The van der Waals surface area contributed by atoms with Gasteiger partial charge in [0.1, 0.15) is 13.2 Å². The quantitative estimate of drug-likeness (QED) is 0.0262. The van der Waals surface area contributed by atoms with E-state index in [9.17, 15) is 14.4 Å². The second-order valence-corrected chi connectivity index (χ2v) is 17.8. The molecule has 0 saturated carbocycles. The maximum Gasteiger partial charge on any atom is 0.306 e. The minimum Gasteiger partial charge on any atom is -0.462 e. The summed E-state index contributed by atoms with van der Waals surface area (Å²) in [5.74, 6) is -0.904. The highest BCUT2D eigenvalue weighted by molar-refractivity contribution is 5.71. The van der Waals surface area contributed by atoms with E-state index in [2.05, 4.69) is 69.4 Å². The van der Waals surface area contributed by atoms with Crippen LogP contribution in [0.5, 0.6) is 0 Å². The molecular formula is C56H100O6.